The lowest BCUT2D eigenvalue weighted by Crippen LogP contribution is -2.25. The van der Waals surface area contributed by atoms with Gasteiger partial charge in [-0.2, -0.15) is 0 Å². The van der Waals surface area contributed by atoms with E-state index in [0.717, 1.165) is 0 Å². The number of aliphatic hydroxyl groups excluding tert-OH is 1. The molecule has 9 heteroatoms. The lowest BCUT2D eigenvalue weighted by molar-refractivity contribution is -0.144. The summed E-state index contributed by atoms with van der Waals surface area (Å²) in [5, 5.41) is 10.9. The van der Waals surface area contributed by atoms with E-state index in [1.54, 1.807) is 12.1 Å². The van der Waals surface area contributed by atoms with Crippen LogP contribution in [0.2, 0.25) is 0 Å². The van der Waals surface area contributed by atoms with Crippen LogP contribution in [0.5, 0.6) is 11.5 Å². The van der Waals surface area contributed by atoms with E-state index in [0.29, 0.717) is 30.6 Å². The van der Waals surface area contributed by atoms with Gasteiger partial charge in [-0.05, 0) is 51.7 Å². The highest BCUT2D eigenvalue weighted by Crippen LogP contribution is 2.34. The fourth-order valence-electron chi connectivity index (χ4n) is 4.14. The molecule has 0 amide bonds. The molecule has 1 N–H and O–H groups in total. The van der Waals surface area contributed by atoms with Crippen LogP contribution in [-0.4, -0.2) is 69.1 Å². The van der Waals surface area contributed by atoms with Gasteiger partial charge in [-0.3, -0.25) is 0 Å². The molecule has 1 saturated heterocycles. The lowest BCUT2D eigenvalue weighted by Gasteiger charge is -2.22. The molecule has 2 aliphatic heterocycles. The monoisotopic (exact) mass is 480 g/mol. The summed E-state index contributed by atoms with van der Waals surface area (Å²) in [5.41, 5.74) is 0.797. The predicted molar refractivity (Wildman–Crippen MR) is 123 cm³/mol. The summed E-state index contributed by atoms with van der Waals surface area (Å²) in [6.45, 7) is 5.53. The Morgan fingerprint density at radius 3 is 2.56 bits per heavy atom. The summed E-state index contributed by atoms with van der Waals surface area (Å²) in [6, 6.07) is 3.30. The van der Waals surface area contributed by atoms with E-state index in [1.807, 2.05) is 32.9 Å². The van der Waals surface area contributed by atoms with Crippen molar-refractivity contribution in [2.75, 3.05) is 27.8 Å². The van der Waals surface area contributed by atoms with Crippen LogP contribution < -0.4 is 9.47 Å². The first-order valence-electron chi connectivity index (χ1n) is 11.5. The molecule has 2 heterocycles. The average molecular weight is 481 g/mol. The van der Waals surface area contributed by atoms with Crippen molar-refractivity contribution >= 4 is 5.97 Å². The normalized spacial score (nSPS) is 28.2. The van der Waals surface area contributed by atoms with Crippen molar-refractivity contribution < 1.29 is 43.1 Å². The van der Waals surface area contributed by atoms with Gasteiger partial charge in [0.1, 0.15) is 29.3 Å². The Labute approximate surface area is 200 Å². The Bertz CT molecular complexity index is 851. The number of hydrogen-bond donors (Lipinski definition) is 1. The van der Waals surface area contributed by atoms with Crippen molar-refractivity contribution in [1.82, 2.24) is 0 Å². The van der Waals surface area contributed by atoms with Gasteiger partial charge in [0.05, 0.1) is 12.2 Å². The molecule has 0 radical (unpaired) electrons. The number of cyclic esters (lactones) is 1. The van der Waals surface area contributed by atoms with E-state index in [2.05, 4.69) is 0 Å². The Morgan fingerprint density at radius 2 is 1.82 bits per heavy atom. The van der Waals surface area contributed by atoms with E-state index >= 15 is 0 Å². The van der Waals surface area contributed by atoms with Crippen LogP contribution >= 0.6 is 0 Å². The molecule has 34 heavy (non-hydrogen) atoms. The predicted octanol–water partition coefficient (Wildman–Crippen LogP) is 3.36. The van der Waals surface area contributed by atoms with Gasteiger partial charge in [0, 0.05) is 26.7 Å². The van der Waals surface area contributed by atoms with E-state index in [1.165, 1.54) is 14.2 Å². The minimum absolute atomic E-state index is 0.0229. The van der Waals surface area contributed by atoms with E-state index < -0.39 is 24.0 Å². The van der Waals surface area contributed by atoms with Gasteiger partial charge >= 0.3 is 5.97 Å². The molecule has 1 fully saturated rings. The fourth-order valence-corrected chi connectivity index (χ4v) is 4.14. The van der Waals surface area contributed by atoms with Crippen LogP contribution in [-0.2, 0) is 30.1 Å². The SMILES string of the molecule is COCOc1cc2c(c(OCOC)c1)C(=O)O[C@@H](C)C/C=C/[C@H]1OC(C)(C)O[C@H]1CC[C@H](O)C2. The molecule has 0 saturated carbocycles. The van der Waals surface area contributed by atoms with Crippen LogP contribution in [0.3, 0.4) is 0 Å². The number of carbonyl (C=O) groups is 1. The quantitative estimate of drug-likeness (QED) is 0.373. The lowest BCUT2D eigenvalue weighted by atomic mass is 9.96. The largest absolute Gasteiger partial charge is 0.467 e. The van der Waals surface area contributed by atoms with Gasteiger partial charge in [-0.25, -0.2) is 4.79 Å². The summed E-state index contributed by atoms with van der Waals surface area (Å²) >= 11 is 0. The molecule has 3 rings (SSSR count). The van der Waals surface area contributed by atoms with Crippen LogP contribution in [0.4, 0.5) is 0 Å². The number of rotatable bonds is 6. The molecule has 0 aliphatic carbocycles. The third-order valence-electron chi connectivity index (χ3n) is 5.60. The van der Waals surface area contributed by atoms with E-state index in [4.69, 9.17) is 33.2 Å². The molecule has 1 aromatic carbocycles. The van der Waals surface area contributed by atoms with Crippen molar-refractivity contribution in [3.05, 3.63) is 35.4 Å². The second kappa shape index (κ2) is 12.0. The van der Waals surface area contributed by atoms with Crippen LogP contribution in [0.15, 0.2) is 24.3 Å². The van der Waals surface area contributed by atoms with Gasteiger partial charge < -0.3 is 38.3 Å². The first-order chi connectivity index (χ1) is 16.2. The first-order valence-corrected chi connectivity index (χ1v) is 11.5. The molecule has 9 nitrogen and oxygen atoms in total. The minimum Gasteiger partial charge on any atom is -0.467 e. The summed E-state index contributed by atoms with van der Waals surface area (Å²) in [5.74, 6) is -0.543. The number of hydrogen-bond acceptors (Lipinski definition) is 9. The number of aliphatic hydroxyl groups is 1. The van der Waals surface area contributed by atoms with Gasteiger partial charge in [0.25, 0.3) is 0 Å². The fraction of sp³-hybridized carbons (Fsp3) is 0.640. The van der Waals surface area contributed by atoms with Gasteiger partial charge in [-0.1, -0.05) is 12.2 Å². The second-order valence-corrected chi connectivity index (χ2v) is 9.01. The summed E-state index contributed by atoms with van der Waals surface area (Å²) < 4.78 is 39.1. The number of fused-ring (bicyclic) bond motifs is 2. The molecule has 0 unspecified atom stereocenters. The van der Waals surface area contributed by atoms with Crippen molar-refractivity contribution in [3.63, 3.8) is 0 Å². The zero-order valence-corrected chi connectivity index (χ0v) is 20.6. The minimum atomic E-state index is -0.739. The molecular formula is C25H36O9. The maximum atomic E-state index is 13.2. The van der Waals surface area contributed by atoms with Crippen LogP contribution in [0.1, 0.15) is 56.0 Å². The zero-order chi connectivity index (χ0) is 24.7. The molecular weight excluding hydrogens is 444 g/mol. The Hall–Kier alpha value is -2.17. The van der Waals surface area contributed by atoms with Gasteiger partial charge in [-0.15, -0.1) is 0 Å². The Kier molecular flexibility index (Phi) is 9.32. The number of ether oxygens (including phenoxy) is 7. The highest BCUT2D eigenvalue weighted by molar-refractivity contribution is 5.94. The third-order valence-corrected chi connectivity index (χ3v) is 5.60. The highest BCUT2D eigenvalue weighted by atomic mass is 16.7. The number of methoxy groups -OCH3 is 2. The van der Waals surface area contributed by atoms with Crippen molar-refractivity contribution in [2.24, 2.45) is 0 Å². The molecule has 2 aliphatic rings. The van der Waals surface area contributed by atoms with E-state index in [-0.39, 0.29) is 43.5 Å². The Morgan fingerprint density at radius 1 is 1.09 bits per heavy atom. The molecule has 0 bridgehead atoms. The first kappa shape index (κ1) is 26.4. The van der Waals surface area contributed by atoms with Gasteiger partial charge in [0.15, 0.2) is 19.4 Å². The van der Waals surface area contributed by atoms with Crippen LogP contribution in [0.25, 0.3) is 0 Å². The summed E-state index contributed by atoms with van der Waals surface area (Å²) in [6.07, 6.45) is 4.11. The molecule has 0 aromatic heterocycles. The molecule has 190 valence electrons. The number of benzene rings is 1. The smallest absolute Gasteiger partial charge is 0.342 e. The second-order valence-electron chi connectivity index (χ2n) is 9.01. The molecule has 0 spiro atoms. The summed E-state index contributed by atoms with van der Waals surface area (Å²) in [4.78, 5) is 13.2. The van der Waals surface area contributed by atoms with Crippen molar-refractivity contribution in [2.45, 2.75) is 76.7 Å². The standard InChI is InChI=1S/C25H36O9/c1-16-7-6-8-20-21(34-25(2,3)33-20)10-9-18(26)11-17-12-19(30-14-28-4)13-22(31-15-29-5)23(17)24(27)32-16/h6,8,12-13,16,18,20-21,26H,7,9-11,14-15H2,1-5H3/b8-6+/t16-,18-,20+,21-/m0/s1. The van der Waals surface area contributed by atoms with Crippen LogP contribution in [0, 0.1) is 0 Å². The van der Waals surface area contributed by atoms with Crippen molar-refractivity contribution in [1.29, 1.82) is 0 Å². The van der Waals surface area contributed by atoms with Crippen molar-refractivity contribution in [3.8, 4) is 11.5 Å². The molecule has 1 aromatic rings. The van der Waals surface area contributed by atoms with Gasteiger partial charge in [0.2, 0.25) is 0 Å². The topological polar surface area (TPSA) is 102 Å². The maximum absolute atomic E-state index is 13.2. The number of esters is 1. The van der Waals surface area contributed by atoms with E-state index in [9.17, 15) is 9.90 Å². The molecule has 4 atom stereocenters. The zero-order valence-electron chi connectivity index (χ0n) is 20.6. The maximum Gasteiger partial charge on any atom is 0.342 e. The number of carbonyl (C=O) groups excluding carboxylic acids is 1. The summed E-state index contributed by atoms with van der Waals surface area (Å²) in [7, 11) is 3.01. The average Bonchev–Trinajstić information content (AvgIpc) is 3.07. The highest BCUT2D eigenvalue weighted by Gasteiger charge is 2.40. The Balaban J connectivity index is 1.95. The third kappa shape index (κ3) is 7.16.